The van der Waals surface area contributed by atoms with Crippen LogP contribution in [0, 0.1) is 6.92 Å². The molecule has 0 bridgehead atoms. The van der Waals surface area contributed by atoms with Crippen molar-refractivity contribution in [1.82, 2.24) is 0 Å². The molecular formula is C10H16ClN. The highest BCUT2D eigenvalue weighted by atomic mass is 35.5. The molecule has 0 radical (unpaired) electrons. The maximum Gasteiger partial charge on any atom is 0.0438 e. The van der Waals surface area contributed by atoms with Crippen LogP contribution in [0.1, 0.15) is 25.0 Å². The Morgan fingerprint density at radius 2 is 1.92 bits per heavy atom. The zero-order valence-electron chi connectivity index (χ0n) is 7.89. The molecule has 0 aromatic heterocycles. The van der Waals surface area contributed by atoms with Gasteiger partial charge in [0, 0.05) is 11.6 Å². The van der Waals surface area contributed by atoms with E-state index in [2.05, 4.69) is 0 Å². The summed E-state index contributed by atoms with van der Waals surface area (Å²) in [4.78, 5) is 0. The van der Waals surface area contributed by atoms with Crippen molar-refractivity contribution in [2.45, 2.75) is 27.3 Å². The van der Waals surface area contributed by atoms with Crippen LogP contribution in [-0.4, -0.2) is 0 Å². The first-order chi connectivity index (χ1) is 5.75. The molecule has 0 heterocycles. The highest BCUT2D eigenvalue weighted by Crippen LogP contribution is 2.17. The van der Waals surface area contributed by atoms with Gasteiger partial charge in [0.2, 0.25) is 0 Å². The number of nitrogens with two attached hydrogens (primary N) is 1. The molecule has 1 nitrogen and oxygen atoms in total. The summed E-state index contributed by atoms with van der Waals surface area (Å²) in [5.41, 5.74) is 7.67. The molecule has 0 aliphatic heterocycles. The predicted molar refractivity (Wildman–Crippen MR) is 55.4 cm³/mol. The summed E-state index contributed by atoms with van der Waals surface area (Å²) >= 11 is 5.84. The van der Waals surface area contributed by atoms with E-state index >= 15 is 0 Å². The molecule has 0 spiro atoms. The second-order valence-electron chi connectivity index (χ2n) is 2.23. The Kier molecular flexibility index (Phi) is 5.77. The molecule has 0 amide bonds. The van der Waals surface area contributed by atoms with Gasteiger partial charge in [-0.25, -0.2) is 0 Å². The lowest BCUT2D eigenvalue weighted by atomic mass is 10.1. The van der Waals surface area contributed by atoms with Crippen molar-refractivity contribution >= 4 is 11.6 Å². The van der Waals surface area contributed by atoms with Gasteiger partial charge in [0.1, 0.15) is 0 Å². The number of hydrogen-bond donors (Lipinski definition) is 1. The van der Waals surface area contributed by atoms with E-state index in [1.165, 1.54) is 0 Å². The lowest BCUT2D eigenvalue weighted by Gasteiger charge is -2.02. The highest BCUT2D eigenvalue weighted by Gasteiger charge is 1.97. The van der Waals surface area contributed by atoms with Crippen molar-refractivity contribution in [2.75, 3.05) is 0 Å². The lowest BCUT2D eigenvalue weighted by Crippen LogP contribution is -1.98. The molecule has 0 fully saturated rings. The summed E-state index contributed by atoms with van der Waals surface area (Å²) in [7, 11) is 0. The first-order valence-corrected chi connectivity index (χ1v) is 4.57. The highest BCUT2D eigenvalue weighted by molar-refractivity contribution is 6.31. The molecule has 0 saturated heterocycles. The molecule has 2 N–H and O–H groups in total. The quantitative estimate of drug-likeness (QED) is 0.715. The van der Waals surface area contributed by atoms with E-state index in [1.807, 2.05) is 39.0 Å². The molecule has 68 valence electrons. The van der Waals surface area contributed by atoms with Crippen molar-refractivity contribution in [3.05, 3.63) is 34.3 Å². The van der Waals surface area contributed by atoms with Crippen LogP contribution in [0.4, 0.5) is 0 Å². The average molecular weight is 186 g/mol. The van der Waals surface area contributed by atoms with E-state index in [0.717, 1.165) is 16.1 Å². The van der Waals surface area contributed by atoms with Crippen LogP contribution >= 0.6 is 11.6 Å². The van der Waals surface area contributed by atoms with Crippen LogP contribution in [0.3, 0.4) is 0 Å². The first-order valence-electron chi connectivity index (χ1n) is 4.19. The third kappa shape index (κ3) is 2.84. The molecule has 0 aliphatic carbocycles. The third-order valence-corrected chi connectivity index (χ3v) is 2.01. The largest absolute Gasteiger partial charge is 0.326 e. The number of rotatable bonds is 1. The Morgan fingerprint density at radius 1 is 1.33 bits per heavy atom. The van der Waals surface area contributed by atoms with Crippen molar-refractivity contribution in [1.29, 1.82) is 0 Å². The summed E-state index contributed by atoms with van der Waals surface area (Å²) in [5, 5.41) is 0.794. The number of halogens is 1. The fourth-order valence-corrected chi connectivity index (χ4v) is 1.07. The fraction of sp³-hybridized carbons (Fsp3) is 0.400. The van der Waals surface area contributed by atoms with Gasteiger partial charge in [-0.2, -0.15) is 0 Å². The standard InChI is InChI=1S/C8H10ClN.C2H6/c1-6-7(5-10)3-2-4-8(6)9;1-2/h2-4H,5,10H2,1H3;1-2H3. The van der Waals surface area contributed by atoms with Crippen LogP contribution in [0.2, 0.25) is 5.02 Å². The number of benzene rings is 1. The first kappa shape index (κ1) is 11.5. The minimum absolute atomic E-state index is 0.562. The molecule has 0 aliphatic rings. The normalized spacial score (nSPS) is 8.75. The molecule has 1 aromatic carbocycles. The second kappa shape index (κ2) is 6.04. The lowest BCUT2D eigenvalue weighted by molar-refractivity contribution is 1.05. The number of hydrogen-bond acceptors (Lipinski definition) is 1. The van der Waals surface area contributed by atoms with Gasteiger partial charge in [-0.3, -0.25) is 0 Å². The van der Waals surface area contributed by atoms with Crippen molar-refractivity contribution in [3.63, 3.8) is 0 Å². The van der Waals surface area contributed by atoms with Gasteiger partial charge in [-0.1, -0.05) is 37.6 Å². The molecule has 0 saturated carbocycles. The Balaban J connectivity index is 0.000000561. The zero-order chi connectivity index (χ0) is 9.56. The van der Waals surface area contributed by atoms with Crippen LogP contribution in [0.25, 0.3) is 0 Å². The average Bonchev–Trinajstić information content (AvgIpc) is 2.13. The fourth-order valence-electron chi connectivity index (χ4n) is 0.873. The van der Waals surface area contributed by atoms with E-state index in [0.29, 0.717) is 6.54 Å². The smallest absolute Gasteiger partial charge is 0.0438 e. The summed E-state index contributed by atoms with van der Waals surface area (Å²) in [6, 6.07) is 5.77. The van der Waals surface area contributed by atoms with Gasteiger partial charge in [0.25, 0.3) is 0 Å². The Hall–Kier alpha value is -0.530. The minimum atomic E-state index is 0.562. The molecule has 1 aromatic rings. The van der Waals surface area contributed by atoms with E-state index in [-0.39, 0.29) is 0 Å². The molecule has 0 unspecified atom stereocenters. The summed E-state index contributed by atoms with van der Waals surface area (Å²) in [6.45, 7) is 6.54. The van der Waals surface area contributed by atoms with Crippen LogP contribution in [-0.2, 0) is 6.54 Å². The Labute approximate surface area is 79.5 Å². The summed E-state index contributed by atoms with van der Waals surface area (Å²) in [5.74, 6) is 0. The van der Waals surface area contributed by atoms with Crippen LogP contribution in [0.15, 0.2) is 18.2 Å². The van der Waals surface area contributed by atoms with Crippen molar-refractivity contribution in [3.8, 4) is 0 Å². The molecule has 1 rings (SSSR count). The van der Waals surface area contributed by atoms with Crippen molar-refractivity contribution < 1.29 is 0 Å². The Morgan fingerprint density at radius 3 is 2.33 bits per heavy atom. The molecule has 2 heteroatoms. The van der Waals surface area contributed by atoms with E-state index < -0.39 is 0 Å². The van der Waals surface area contributed by atoms with Gasteiger partial charge in [-0.15, -0.1) is 0 Å². The molecule has 0 atom stereocenters. The second-order valence-corrected chi connectivity index (χ2v) is 2.64. The predicted octanol–water partition coefficient (Wildman–Crippen LogP) is 3.13. The topological polar surface area (TPSA) is 26.0 Å². The summed E-state index contributed by atoms with van der Waals surface area (Å²) < 4.78 is 0. The van der Waals surface area contributed by atoms with E-state index in [4.69, 9.17) is 17.3 Å². The SMILES string of the molecule is CC.Cc1c(Cl)cccc1CN. The monoisotopic (exact) mass is 185 g/mol. The van der Waals surface area contributed by atoms with Gasteiger partial charge >= 0.3 is 0 Å². The van der Waals surface area contributed by atoms with Crippen LogP contribution < -0.4 is 5.73 Å². The van der Waals surface area contributed by atoms with E-state index in [9.17, 15) is 0 Å². The molecular weight excluding hydrogens is 170 g/mol. The zero-order valence-corrected chi connectivity index (χ0v) is 8.65. The van der Waals surface area contributed by atoms with Crippen LogP contribution in [0.5, 0.6) is 0 Å². The van der Waals surface area contributed by atoms with Gasteiger partial charge in [-0.05, 0) is 24.1 Å². The van der Waals surface area contributed by atoms with Gasteiger partial charge in [0.15, 0.2) is 0 Å². The van der Waals surface area contributed by atoms with Gasteiger partial charge < -0.3 is 5.73 Å². The minimum Gasteiger partial charge on any atom is -0.326 e. The van der Waals surface area contributed by atoms with Crippen molar-refractivity contribution in [2.24, 2.45) is 5.73 Å². The summed E-state index contributed by atoms with van der Waals surface area (Å²) in [6.07, 6.45) is 0. The third-order valence-electron chi connectivity index (χ3n) is 1.60. The maximum atomic E-state index is 5.84. The van der Waals surface area contributed by atoms with Gasteiger partial charge in [0.05, 0.1) is 0 Å². The molecule has 12 heavy (non-hydrogen) atoms. The maximum absolute atomic E-state index is 5.84. The van der Waals surface area contributed by atoms with E-state index in [1.54, 1.807) is 0 Å². The Bertz CT molecular complexity index is 233.